The minimum Gasteiger partial charge on any atom is -0.308 e. The molecular formula is C15H14B2BrN6+. The van der Waals surface area contributed by atoms with Crippen LogP contribution in [-0.4, -0.2) is 27.4 Å². The van der Waals surface area contributed by atoms with Gasteiger partial charge in [-0.25, -0.2) is 4.59 Å². The van der Waals surface area contributed by atoms with Gasteiger partial charge in [0.1, 0.15) is 18.6 Å². The van der Waals surface area contributed by atoms with E-state index in [-0.39, 0.29) is 0 Å². The van der Waals surface area contributed by atoms with Gasteiger partial charge in [-0.15, -0.1) is 0 Å². The molecule has 0 amide bonds. The first kappa shape index (κ1) is 12.8. The number of halogens is 1. The molecule has 6 heterocycles. The quantitative estimate of drug-likeness (QED) is 0.321. The van der Waals surface area contributed by atoms with Crippen molar-refractivity contribution < 1.29 is 13.8 Å². The minimum absolute atomic E-state index is 0.947. The molecule has 4 aromatic rings. The molecule has 116 valence electrons. The predicted octanol–water partition coefficient (Wildman–Crippen LogP) is -1.20. The molecule has 0 aliphatic carbocycles. The Balaban J connectivity index is 1.83. The van der Waals surface area contributed by atoms with Gasteiger partial charge in [-0.3, -0.25) is 18.4 Å². The van der Waals surface area contributed by atoms with Gasteiger partial charge in [0.25, 0.3) is 0 Å². The molecule has 7 rings (SSSR count). The molecule has 0 saturated heterocycles. The molecule has 6 nitrogen and oxygen atoms in total. The van der Waals surface area contributed by atoms with Crippen LogP contribution < -0.4 is 19.2 Å². The van der Waals surface area contributed by atoms with Gasteiger partial charge in [0.05, 0.1) is 0 Å². The summed E-state index contributed by atoms with van der Waals surface area (Å²) >= 11 is 3.57. The third-order valence-corrected chi connectivity index (χ3v) is 6.20. The first-order valence-corrected chi connectivity index (χ1v) is 8.96. The average molecular weight is 380 g/mol. The lowest BCUT2D eigenvalue weighted by atomic mass is 9.51. The Kier molecular flexibility index (Phi) is 2.19. The standard InChI is InChI=1S/C15H14B2BrN6/c18-15-6-4-14(5-7-15)17-22-11-1-8-19(22)16(20-9-2-12-23(17)20)21-10-3-13-24(17)21/h1-13,16H/q+1. The molecule has 9 heteroatoms. The number of hydrogen-bond acceptors (Lipinski definition) is 0. The highest BCUT2D eigenvalue weighted by molar-refractivity contribution is 9.10. The maximum Gasteiger partial charge on any atom is 0.725 e. The monoisotopic (exact) mass is 379 g/mol. The second-order valence-corrected chi connectivity index (χ2v) is 7.56. The SMILES string of the molecule is Brc1ccc([B-]23n4ccc[n+]4[BH-](n4ccc[n+]42)[n+]2cccn23)cc1. The normalized spacial score (nSPS) is 23.0. The zero-order chi connectivity index (χ0) is 15.9. The van der Waals surface area contributed by atoms with Crippen molar-refractivity contribution in [3.8, 4) is 0 Å². The molecule has 3 aliphatic heterocycles. The number of benzene rings is 1. The van der Waals surface area contributed by atoms with E-state index < -0.39 is 13.7 Å². The summed E-state index contributed by atoms with van der Waals surface area (Å²) in [5.41, 5.74) is 1.26. The van der Waals surface area contributed by atoms with Crippen LogP contribution in [-0.2, 0) is 0 Å². The topological polar surface area (TPSA) is 26.4 Å². The summed E-state index contributed by atoms with van der Waals surface area (Å²) in [7, 11) is -0.947. The van der Waals surface area contributed by atoms with Crippen LogP contribution in [0.4, 0.5) is 0 Å². The van der Waals surface area contributed by atoms with Gasteiger partial charge in [-0.1, -0.05) is 45.7 Å². The number of hydrogen-bond donors (Lipinski definition) is 0. The molecule has 0 atom stereocenters. The van der Waals surface area contributed by atoms with Gasteiger partial charge in [0.2, 0.25) is 0 Å². The predicted molar refractivity (Wildman–Crippen MR) is 92.9 cm³/mol. The summed E-state index contributed by atoms with van der Waals surface area (Å²) in [6, 6.07) is 15.1. The van der Waals surface area contributed by atoms with Crippen LogP contribution in [0, 0.1) is 0 Å². The average Bonchev–Trinajstić information content (AvgIpc) is 3.34. The van der Waals surface area contributed by atoms with Crippen molar-refractivity contribution in [2.24, 2.45) is 0 Å². The largest absolute Gasteiger partial charge is 0.725 e. The molecule has 0 radical (unpaired) electrons. The van der Waals surface area contributed by atoms with Crippen molar-refractivity contribution in [2.75, 3.05) is 0 Å². The van der Waals surface area contributed by atoms with Gasteiger partial charge < -0.3 is 4.59 Å². The van der Waals surface area contributed by atoms with Crippen molar-refractivity contribution in [3.63, 3.8) is 0 Å². The minimum atomic E-state index is -1.38. The second-order valence-electron chi connectivity index (χ2n) is 6.64. The molecule has 3 aromatic heterocycles. The van der Waals surface area contributed by atoms with Crippen LogP contribution in [0.5, 0.6) is 0 Å². The fourth-order valence-electron chi connectivity index (χ4n) is 4.86. The summed E-state index contributed by atoms with van der Waals surface area (Å²) in [6.45, 7) is -1.38. The number of rotatable bonds is 1. The Morgan fingerprint density at radius 1 is 0.833 bits per heavy atom. The van der Waals surface area contributed by atoms with E-state index in [1.165, 1.54) is 5.46 Å². The molecule has 0 fully saturated rings. The molecule has 0 N–H and O–H groups in total. The van der Waals surface area contributed by atoms with Crippen molar-refractivity contribution in [1.29, 1.82) is 0 Å². The Hall–Kier alpha value is -2.54. The summed E-state index contributed by atoms with van der Waals surface area (Å²) in [5, 5.41) is 0. The summed E-state index contributed by atoms with van der Waals surface area (Å²) < 4.78 is 15.4. The van der Waals surface area contributed by atoms with Crippen LogP contribution in [0.25, 0.3) is 0 Å². The Bertz CT molecular complexity index is 992. The van der Waals surface area contributed by atoms with Crippen molar-refractivity contribution >= 4 is 35.1 Å². The van der Waals surface area contributed by atoms with Crippen LogP contribution in [0.2, 0.25) is 0 Å². The van der Waals surface area contributed by atoms with E-state index in [9.17, 15) is 0 Å². The van der Waals surface area contributed by atoms with Crippen LogP contribution >= 0.6 is 15.9 Å². The molecule has 0 saturated carbocycles. The fourth-order valence-corrected chi connectivity index (χ4v) is 5.12. The van der Waals surface area contributed by atoms with Gasteiger partial charge in [0, 0.05) is 41.3 Å². The van der Waals surface area contributed by atoms with E-state index in [0.717, 1.165) is 4.47 Å². The third kappa shape index (κ3) is 1.23. The molecule has 0 unspecified atom stereocenters. The van der Waals surface area contributed by atoms with Crippen molar-refractivity contribution in [3.05, 3.63) is 84.1 Å². The van der Waals surface area contributed by atoms with E-state index in [4.69, 9.17) is 0 Å². The van der Waals surface area contributed by atoms with E-state index in [2.05, 4.69) is 123 Å². The zero-order valence-corrected chi connectivity index (χ0v) is 14.4. The maximum atomic E-state index is 3.57. The van der Waals surface area contributed by atoms with Crippen molar-refractivity contribution in [2.45, 2.75) is 0 Å². The fraction of sp³-hybridized carbons (Fsp3) is 0. The first-order valence-electron chi connectivity index (χ1n) is 8.17. The van der Waals surface area contributed by atoms with Gasteiger partial charge in [0.15, 0.2) is 0 Å². The van der Waals surface area contributed by atoms with Gasteiger partial charge in [-0.2, -0.15) is 0 Å². The van der Waals surface area contributed by atoms with E-state index in [1.807, 2.05) is 0 Å². The lowest BCUT2D eigenvalue weighted by Crippen LogP contribution is -3.04. The van der Waals surface area contributed by atoms with E-state index in [1.54, 1.807) is 0 Å². The molecule has 0 spiro atoms. The Morgan fingerprint density at radius 3 is 2.12 bits per heavy atom. The van der Waals surface area contributed by atoms with Crippen LogP contribution in [0.1, 0.15) is 0 Å². The maximum absolute atomic E-state index is 3.57. The van der Waals surface area contributed by atoms with Crippen LogP contribution in [0.3, 0.4) is 0 Å². The number of nitrogens with zero attached hydrogens (tertiary/aromatic N) is 6. The first-order chi connectivity index (χ1) is 11.8. The lowest BCUT2D eigenvalue weighted by Gasteiger charge is -2.44. The Morgan fingerprint density at radius 2 is 1.46 bits per heavy atom. The summed E-state index contributed by atoms with van der Waals surface area (Å²) in [6.07, 6.45) is 13.1. The molecule has 3 aliphatic rings. The Labute approximate surface area is 147 Å². The summed E-state index contributed by atoms with van der Waals surface area (Å²) in [5.74, 6) is 0. The lowest BCUT2D eigenvalue weighted by molar-refractivity contribution is -0.822. The van der Waals surface area contributed by atoms with Gasteiger partial charge >= 0.3 is 13.7 Å². The van der Waals surface area contributed by atoms with E-state index in [0.29, 0.717) is 0 Å². The molecule has 24 heavy (non-hydrogen) atoms. The number of aromatic nitrogens is 6. The smallest absolute Gasteiger partial charge is 0.308 e. The highest BCUT2D eigenvalue weighted by Gasteiger charge is 2.65. The molecule has 1 aromatic carbocycles. The molecular weight excluding hydrogens is 366 g/mol. The summed E-state index contributed by atoms with van der Waals surface area (Å²) in [4.78, 5) is 0. The van der Waals surface area contributed by atoms with E-state index >= 15 is 0 Å². The second kappa shape index (κ2) is 4.10. The third-order valence-electron chi connectivity index (χ3n) is 5.67. The molecule has 2 bridgehead atoms. The van der Waals surface area contributed by atoms with Gasteiger partial charge in [-0.05, 0) is 0 Å². The van der Waals surface area contributed by atoms with Crippen LogP contribution in [0.15, 0.2) is 84.1 Å². The zero-order valence-electron chi connectivity index (χ0n) is 12.9. The van der Waals surface area contributed by atoms with Crippen molar-refractivity contribution in [1.82, 2.24) is 13.8 Å². The highest BCUT2D eigenvalue weighted by Crippen LogP contribution is 2.15. The highest BCUT2D eigenvalue weighted by atomic mass is 79.9.